The molecule has 1 aromatic carbocycles. The molecule has 1 atom stereocenters. The van der Waals surface area contributed by atoms with Crippen molar-refractivity contribution >= 4 is 23.8 Å². The summed E-state index contributed by atoms with van der Waals surface area (Å²) in [5.74, 6) is 0.908. The molecule has 192 valence electrons. The Kier molecular flexibility index (Phi) is 19.3. The zero-order chi connectivity index (χ0) is 26.7. The van der Waals surface area contributed by atoms with E-state index in [4.69, 9.17) is 14.6 Å². The summed E-state index contributed by atoms with van der Waals surface area (Å²) in [7, 11) is 0. The third-order valence-corrected chi connectivity index (χ3v) is 5.13. The van der Waals surface area contributed by atoms with E-state index in [-0.39, 0.29) is 18.1 Å². The highest BCUT2D eigenvalue weighted by atomic mass is 16.5. The van der Waals surface area contributed by atoms with Gasteiger partial charge in [0.2, 0.25) is 0 Å². The maximum absolute atomic E-state index is 11.9. The van der Waals surface area contributed by atoms with E-state index in [1.54, 1.807) is 12.1 Å². The fraction of sp³-hybridized carbons (Fsp3) is 0.571. The van der Waals surface area contributed by atoms with Crippen LogP contribution in [0.25, 0.3) is 0 Å². The van der Waals surface area contributed by atoms with Gasteiger partial charge in [0.25, 0.3) is 0 Å². The minimum atomic E-state index is -0.780. The fourth-order valence-corrected chi connectivity index (χ4v) is 2.68. The molecular weight excluding hydrogens is 432 g/mol. The van der Waals surface area contributed by atoms with Gasteiger partial charge in [0.1, 0.15) is 17.8 Å². The minimum Gasteiger partial charge on any atom is -0.494 e. The summed E-state index contributed by atoms with van der Waals surface area (Å²) >= 11 is 0. The second-order valence-corrected chi connectivity index (χ2v) is 8.61. The number of carboxylic acid groups (broad SMARTS) is 1. The number of carboxylic acids is 1. The van der Waals surface area contributed by atoms with Gasteiger partial charge in [-0.05, 0) is 69.7 Å². The number of carbonyl (C=O) groups is 4. The summed E-state index contributed by atoms with van der Waals surface area (Å²) < 4.78 is 5.56. The number of carbonyl (C=O) groups excluding carboxylic acids is 3. The van der Waals surface area contributed by atoms with Gasteiger partial charge in [-0.15, -0.1) is 0 Å². The second kappa shape index (κ2) is 19.7. The molecule has 6 nitrogen and oxygen atoms in total. The predicted molar refractivity (Wildman–Crippen MR) is 138 cm³/mol. The van der Waals surface area contributed by atoms with Crippen molar-refractivity contribution in [2.45, 2.75) is 87.0 Å². The van der Waals surface area contributed by atoms with E-state index in [2.05, 4.69) is 13.5 Å². The molecule has 34 heavy (non-hydrogen) atoms. The first-order chi connectivity index (χ1) is 15.9. The topological polar surface area (TPSA) is 97.7 Å². The maximum Gasteiger partial charge on any atom is 0.303 e. The Balaban J connectivity index is 0. The van der Waals surface area contributed by atoms with Crippen molar-refractivity contribution in [1.29, 1.82) is 0 Å². The lowest BCUT2D eigenvalue weighted by atomic mass is 9.97. The number of allylic oxidation sites excluding steroid dienone is 1. The fourth-order valence-electron chi connectivity index (χ4n) is 2.68. The number of aryl methyl sites for hydroxylation is 1. The molecule has 0 fully saturated rings. The average molecular weight is 477 g/mol. The molecule has 0 saturated heterocycles. The molecule has 1 rings (SSSR count). The molecule has 0 radical (unpaired) electrons. The number of aldehydes is 1. The molecule has 0 saturated carbocycles. The van der Waals surface area contributed by atoms with E-state index in [0.29, 0.717) is 44.0 Å². The van der Waals surface area contributed by atoms with Crippen LogP contribution >= 0.6 is 0 Å². The molecule has 0 bridgehead atoms. The standard InChI is InChI=1S/C16H22O4.C10H18O.C2H4O/c1-11(2)16(19)14-8-7-13(10-12(14)3)20-9-5-4-6-15(17)18;1-5-10(11)7-6-9(4)8(2)3;1-2-3/h7-8,10-11H,4-6,9H2,1-3H3,(H,17,18);9H,2,5-7H2,1,3-4H3;2H,1H3. The van der Waals surface area contributed by atoms with E-state index >= 15 is 0 Å². The first kappa shape index (κ1) is 33.4. The Morgan fingerprint density at radius 2 is 1.71 bits per heavy atom. The quantitative estimate of drug-likeness (QED) is 0.148. The minimum absolute atomic E-state index is 0.0171. The van der Waals surface area contributed by atoms with Gasteiger partial charge in [-0.25, -0.2) is 0 Å². The summed E-state index contributed by atoms with van der Waals surface area (Å²) in [6, 6.07) is 5.44. The molecule has 6 heteroatoms. The van der Waals surface area contributed by atoms with Crippen molar-refractivity contribution in [2.75, 3.05) is 6.61 Å². The molecule has 0 aliphatic heterocycles. The Morgan fingerprint density at radius 1 is 1.12 bits per heavy atom. The Labute approximate surface area is 205 Å². The van der Waals surface area contributed by atoms with Crippen LogP contribution in [0.1, 0.15) is 96.0 Å². The first-order valence-corrected chi connectivity index (χ1v) is 12.0. The molecule has 0 aliphatic carbocycles. The Morgan fingerprint density at radius 3 is 2.15 bits per heavy atom. The van der Waals surface area contributed by atoms with Crippen molar-refractivity contribution < 1.29 is 29.0 Å². The molecule has 0 aromatic heterocycles. The lowest BCUT2D eigenvalue weighted by Crippen LogP contribution is -2.09. The zero-order valence-corrected chi connectivity index (χ0v) is 22.1. The molecule has 1 N–H and O–H groups in total. The smallest absolute Gasteiger partial charge is 0.303 e. The number of unbranched alkanes of at least 4 members (excludes halogenated alkanes) is 1. The van der Waals surface area contributed by atoms with Gasteiger partial charge in [0, 0.05) is 30.7 Å². The summed E-state index contributed by atoms with van der Waals surface area (Å²) in [5, 5.41) is 8.52. The summed E-state index contributed by atoms with van der Waals surface area (Å²) in [6.45, 7) is 17.5. The number of Topliss-reactive ketones (excluding diaryl/α,β-unsaturated/α-hetero) is 2. The largest absolute Gasteiger partial charge is 0.494 e. The third-order valence-electron chi connectivity index (χ3n) is 5.13. The van der Waals surface area contributed by atoms with E-state index in [0.717, 1.165) is 29.6 Å². The molecule has 0 heterocycles. The Bertz CT molecular complexity index is 779. The monoisotopic (exact) mass is 476 g/mol. The van der Waals surface area contributed by atoms with Crippen LogP contribution in [-0.4, -0.2) is 35.5 Å². The first-order valence-electron chi connectivity index (χ1n) is 12.0. The molecule has 1 aromatic rings. The predicted octanol–water partition coefficient (Wildman–Crippen LogP) is 6.63. The number of ketones is 2. The molecule has 0 aliphatic rings. The normalized spacial score (nSPS) is 10.7. The zero-order valence-electron chi connectivity index (χ0n) is 22.1. The van der Waals surface area contributed by atoms with Crippen LogP contribution < -0.4 is 4.74 Å². The van der Waals surface area contributed by atoms with E-state index in [1.807, 2.05) is 40.7 Å². The van der Waals surface area contributed by atoms with Gasteiger partial charge in [-0.1, -0.05) is 39.8 Å². The lowest BCUT2D eigenvalue weighted by Gasteiger charge is -2.11. The van der Waals surface area contributed by atoms with Crippen molar-refractivity contribution in [1.82, 2.24) is 0 Å². The summed E-state index contributed by atoms with van der Waals surface area (Å²) in [4.78, 5) is 42.0. The van der Waals surface area contributed by atoms with Gasteiger partial charge >= 0.3 is 5.97 Å². The van der Waals surface area contributed by atoms with Gasteiger partial charge in [-0.3, -0.25) is 14.4 Å². The number of ether oxygens (including phenoxy) is 1. The van der Waals surface area contributed by atoms with Gasteiger partial charge < -0.3 is 14.6 Å². The van der Waals surface area contributed by atoms with E-state index in [9.17, 15) is 14.4 Å². The summed E-state index contributed by atoms with van der Waals surface area (Å²) in [6.07, 6.45) is 4.58. The van der Waals surface area contributed by atoms with Gasteiger partial charge in [0.15, 0.2) is 5.78 Å². The Hall–Kier alpha value is -2.76. The van der Waals surface area contributed by atoms with E-state index in [1.165, 1.54) is 12.5 Å². The number of hydrogen-bond acceptors (Lipinski definition) is 5. The third kappa shape index (κ3) is 16.8. The summed E-state index contributed by atoms with van der Waals surface area (Å²) in [5.41, 5.74) is 2.82. The van der Waals surface area contributed by atoms with Gasteiger partial charge in [0.05, 0.1) is 6.61 Å². The van der Waals surface area contributed by atoms with Gasteiger partial charge in [-0.2, -0.15) is 0 Å². The van der Waals surface area contributed by atoms with Crippen LogP contribution in [0.3, 0.4) is 0 Å². The van der Waals surface area contributed by atoms with Crippen LogP contribution in [-0.2, 0) is 14.4 Å². The number of hydrogen-bond donors (Lipinski definition) is 1. The number of benzene rings is 1. The SMILES string of the molecule is C=C(C)C(C)CCC(=O)CC.CC=O.Cc1cc(OCCCCC(=O)O)ccc1C(=O)C(C)C. The van der Waals surface area contributed by atoms with Crippen molar-refractivity contribution in [3.63, 3.8) is 0 Å². The highest BCUT2D eigenvalue weighted by Crippen LogP contribution is 2.20. The van der Waals surface area contributed by atoms with Crippen LogP contribution in [0.2, 0.25) is 0 Å². The molecule has 0 amide bonds. The second-order valence-electron chi connectivity index (χ2n) is 8.61. The molecule has 0 spiro atoms. The molecular formula is C28H44O6. The number of aliphatic carboxylic acids is 1. The van der Waals surface area contributed by atoms with E-state index < -0.39 is 5.97 Å². The van der Waals surface area contributed by atoms with Crippen molar-refractivity contribution in [2.24, 2.45) is 11.8 Å². The lowest BCUT2D eigenvalue weighted by molar-refractivity contribution is -0.137. The van der Waals surface area contributed by atoms with Crippen molar-refractivity contribution in [3.05, 3.63) is 41.5 Å². The average Bonchev–Trinajstić information content (AvgIpc) is 2.77. The maximum atomic E-state index is 11.9. The highest BCUT2D eigenvalue weighted by Gasteiger charge is 2.13. The molecule has 1 unspecified atom stereocenters. The highest BCUT2D eigenvalue weighted by molar-refractivity contribution is 5.98. The van der Waals surface area contributed by atoms with Crippen LogP contribution in [0, 0.1) is 18.8 Å². The van der Waals surface area contributed by atoms with Crippen molar-refractivity contribution in [3.8, 4) is 5.75 Å². The van der Waals surface area contributed by atoms with Crippen LogP contribution in [0.4, 0.5) is 0 Å². The van der Waals surface area contributed by atoms with Crippen LogP contribution in [0.5, 0.6) is 5.75 Å². The number of rotatable bonds is 13. The van der Waals surface area contributed by atoms with Crippen LogP contribution in [0.15, 0.2) is 30.4 Å².